The Morgan fingerprint density at radius 1 is 1.05 bits per heavy atom. The van der Waals surface area contributed by atoms with Crippen LogP contribution in [0.25, 0.3) is 0 Å². The number of ether oxygens (including phenoxy) is 1. The Morgan fingerprint density at radius 2 is 1.74 bits per heavy atom. The number of fused-ring (bicyclic) bond motifs is 1. The monoisotopic (exact) mass is 534 g/mol. The lowest BCUT2D eigenvalue weighted by Crippen LogP contribution is -2.60. The third-order valence-electron chi connectivity index (χ3n) is 7.78. The standard InChI is InChI=1S/C31H42N4O4/c1-20(32-5)28(36)34-27(31(2,3)4)30(38)35(26-17-11-13-21-12-9-10-16-24(21)26)29(37)25-18-23(19-33-25)39-22-14-7-6-8-15-22/h6-10,12,14-16,20,23,25-27,32-33H,11,13,17-19H2,1-5H3,(H,34,36)/t20-,23?,25-,26?,27+/m0/s1. The molecule has 5 atom stereocenters. The van der Waals surface area contributed by atoms with Crippen molar-refractivity contribution < 1.29 is 19.1 Å². The molecule has 0 aromatic heterocycles. The van der Waals surface area contributed by atoms with Crippen LogP contribution in [0.2, 0.25) is 0 Å². The van der Waals surface area contributed by atoms with E-state index in [1.165, 1.54) is 4.90 Å². The Morgan fingerprint density at radius 3 is 2.44 bits per heavy atom. The van der Waals surface area contributed by atoms with Gasteiger partial charge in [0, 0.05) is 13.0 Å². The number of nitrogens with one attached hydrogen (secondary N) is 3. The van der Waals surface area contributed by atoms with Gasteiger partial charge in [0.05, 0.1) is 18.1 Å². The highest BCUT2D eigenvalue weighted by molar-refractivity contribution is 6.02. The van der Waals surface area contributed by atoms with Crippen molar-refractivity contribution >= 4 is 17.7 Å². The minimum Gasteiger partial charge on any atom is -0.489 e. The SMILES string of the molecule is CN[C@@H](C)C(=O)N[C@H](C(=O)N(C(=O)[C@@H]1CC(Oc2ccccc2)CN1)C1CCCc2ccccc21)C(C)(C)C. The van der Waals surface area contributed by atoms with Gasteiger partial charge in [0.1, 0.15) is 17.9 Å². The summed E-state index contributed by atoms with van der Waals surface area (Å²) in [5.41, 5.74) is 1.54. The van der Waals surface area contributed by atoms with Crippen LogP contribution in [0.3, 0.4) is 0 Å². The highest BCUT2D eigenvalue weighted by Crippen LogP contribution is 2.37. The van der Waals surface area contributed by atoms with E-state index < -0.39 is 29.6 Å². The number of benzene rings is 2. The predicted octanol–water partition coefficient (Wildman–Crippen LogP) is 3.37. The van der Waals surface area contributed by atoms with Crippen LogP contribution in [0.5, 0.6) is 5.75 Å². The van der Waals surface area contributed by atoms with E-state index in [1.54, 1.807) is 14.0 Å². The number of amides is 3. The quantitative estimate of drug-likeness (QED) is 0.480. The first kappa shape index (κ1) is 28.8. The van der Waals surface area contributed by atoms with E-state index in [9.17, 15) is 14.4 Å². The molecule has 0 spiro atoms. The van der Waals surface area contributed by atoms with E-state index in [0.29, 0.717) is 19.4 Å². The Labute approximate surface area is 231 Å². The van der Waals surface area contributed by atoms with Gasteiger partial charge in [-0.3, -0.25) is 19.3 Å². The molecule has 210 valence electrons. The Bertz CT molecular complexity index is 1160. The summed E-state index contributed by atoms with van der Waals surface area (Å²) in [6, 6.07) is 15.3. The third-order valence-corrected chi connectivity index (χ3v) is 7.78. The molecule has 0 radical (unpaired) electrons. The number of imide groups is 1. The first-order chi connectivity index (χ1) is 18.6. The number of carbonyl (C=O) groups excluding carboxylic acids is 3. The fraction of sp³-hybridized carbons (Fsp3) is 0.516. The van der Waals surface area contributed by atoms with Gasteiger partial charge in [-0.1, -0.05) is 63.2 Å². The smallest absolute Gasteiger partial charge is 0.252 e. The zero-order chi connectivity index (χ0) is 28.2. The number of rotatable bonds is 8. The molecule has 2 aromatic rings. The van der Waals surface area contributed by atoms with E-state index in [4.69, 9.17) is 4.74 Å². The van der Waals surface area contributed by atoms with Crippen molar-refractivity contribution in [1.29, 1.82) is 0 Å². The first-order valence-corrected chi connectivity index (χ1v) is 14.0. The fourth-order valence-electron chi connectivity index (χ4n) is 5.44. The van der Waals surface area contributed by atoms with Gasteiger partial charge >= 0.3 is 0 Å². The molecule has 1 saturated heterocycles. The van der Waals surface area contributed by atoms with Crippen molar-refractivity contribution in [1.82, 2.24) is 20.9 Å². The largest absolute Gasteiger partial charge is 0.489 e. The molecule has 2 unspecified atom stereocenters. The topological polar surface area (TPSA) is 99.8 Å². The number of aryl methyl sites for hydroxylation is 1. The van der Waals surface area contributed by atoms with Gasteiger partial charge < -0.3 is 20.7 Å². The maximum absolute atomic E-state index is 14.4. The molecule has 1 fully saturated rings. The predicted molar refractivity (Wildman–Crippen MR) is 151 cm³/mol. The summed E-state index contributed by atoms with van der Waals surface area (Å²) in [7, 11) is 1.70. The lowest BCUT2D eigenvalue weighted by molar-refractivity contribution is -0.154. The summed E-state index contributed by atoms with van der Waals surface area (Å²) >= 11 is 0. The second-order valence-electron chi connectivity index (χ2n) is 11.7. The highest BCUT2D eigenvalue weighted by atomic mass is 16.5. The second-order valence-corrected chi connectivity index (χ2v) is 11.7. The van der Waals surface area contributed by atoms with Gasteiger partial charge in [0.2, 0.25) is 11.8 Å². The summed E-state index contributed by atoms with van der Waals surface area (Å²) < 4.78 is 6.11. The molecule has 1 aliphatic carbocycles. The van der Waals surface area contributed by atoms with Crippen molar-refractivity contribution in [2.24, 2.45) is 5.41 Å². The lowest BCUT2D eigenvalue weighted by Gasteiger charge is -2.40. The van der Waals surface area contributed by atoms with Crippen LogP contribution in [0.4, 0.5) is 0 Å². The summed E-state index contributed by atoms with van der Waals surface area (Å²) in [6.45, 7) is 7.99. The van der Waals surface area contributed by atoms with Crippen molar-refractivity contribution in [3.8, 4) is 5.75 Å². The average molecular weight is 535 g/mol. The number of likely N-dealkylation sites (N-methyl/N-ethyl adjacent to an activating group) is 1. The normalized spacial score (nSPS) is 22.3. The molecule has 8 heteroatoms. The van der Waals surface area contributed by atoms with Crippen molar-refractivity contribution in [2.45, 2.75) is 83.6 Å². The van der Waals surface area contributed by atoms with E-state index in [0.717, 1.165) is 29.7 Å². The van der Waals surface area contributed by atoms with Crippen molar-refractivity contribution in [3.05, 3.63) is 65.7 Å². The minimum atomic E-state index is -0.878. The number of hydrogen-bond donors (Lipinski definition) is 3. The summed E-state index contributed by atoms with van der Waals surface area (Å²) in [5.74, 6) is -0.177. The van der Waals surface area contributed by atoms with Crippen LogP contribution in [-0.4, -0.2) is 60.4 Å². The highest BCUT2D eigenvalue weighted by Gasteiger charge is 2.45. The zero-order valence-electron chi connectivity index (χ0n) is 23.7. The average Bonchev–Trinajstić information content (AvgIpc) is 3.39. The molecule has 1 aliphatic heterocycles. The zero-order valence-corrected chi connectivity index (χ0v) is 23.7. The molecule has 3 amide bonds. The van der Waals surface area contributed by atoms with Crippen LogP contribution in [0.1, 0.15) is 64.1 Å². The van der Waals surface area contributed by atoms with Crippen LogP contribution in [0.15, 0.2) is 54.6 Å². The lowest BCUT2D eigenvalue weighted by atomic mass is 9.82. The molecule has 4 rings (SSSR count). The van der Waals surface area contributed by atoms with E-state index in [-0.39, 0.29) is 23.8 Å². The van der Waals surface area contributed by atoms with E-state index >= 15 is 0 Å². The summed E-state index contributed by atoms with van der Waals surface area (Å²) in [4.78, 5) is 43.1. The molecule has 2 aliphatic rings. The molecule has 3 N–H and O–H groups in total. The van der Waals surface area contributed by atoms with Crippen molar-refractivity contribution in [2.75, 3.05) is 13.6 Å². The summed E-state index contributed by atoms with van der Waals surface area (Å²) in [6.07, 6.45) is 2.74. The van der Waals surface area contributed by atoms with Crippen LogP contribution in [0, 0.1) is 5.41 Å². The molecule has 0 saturated carbocycles. The molecule has 2 aromatic carbocycles. The van der Waals surface area contributed by atoms with Gasteiger partial charge in [0.15, 0.2) is 0 Å². The van der Waals surface area contributed by atoms with Crippen molar-refractivity contribution in [3.63, 3.8) is 0 Å². The maximum atomic E-state index is 14.4. The molecule has 8 nitrogen and oxygen atoms in total. The van der Waals surface area contributed by atoms with Gasteiger partial charge in [-0.25, -0.2) is 0 Å². The van der Waals surface area contributed by atoms with E-state index in [1.807, 2.05) is 69.3 Å². The number of carbonyl (C=O) groups is 3. The maximum Gasteiger partial charge on any atom is 0.252 e. The number of para-hydroxylation sites is 1. The Kier molecular flexibility index (Phi) is 9.08. The number of hydrogen-bond acceptors (Lipinski definition) is 6. The minimum absolute atomic E-state index is 0.188. The van der Waals surface area contributed by atoms with E-state index in [2.05, 4.69) is 22.0 Å². The summed E-state index contributed by atoms with van der Waals surface area (Å²) in [5, 5.41) is 9.18. The molecular formula is C31H42N4O4. The van der Waals surface area contributed by atoms with Gasteiger partial charge in [-0.05, 0) is 61.9 Å². The molecule has 0 bridgehead atoms. The van der Waals surface area contributed by atoms with Crippen LogP contribution < -0.4 is 20.7 Å². The molecule has 1 heterocycles. The van der Waals surface area contributed by atoms with Gasteiger partial charge in [-0.2, -0.15) is 0 Å². The molecule has 39 heavy (non-hydrogen) atoms. The second kappa shape index (κ2) is 12.3. The van der Waals surface area contributed by atoms with Gasteiger partial charge in [0.25, 0.3) is 5.91 Å². The first-order valence-electron chi connectivity index (χ1n) is 14.0. The van der Waals surface area contributed by atoms with Crippen LogP contribution >= 0.6 is 0 Å². The molecular weight excluding hydrogens is 492 g/mol. The fourth-order valence-corrected chi connectivity index (χ4v) is 5.44. The van der Waals surface area contributed by atoms with Gasteiger partial charge in [-0.15, -0.1) is 0 Å². The Hall–Kier alpha value is -3.23. The van der Waals surface area contributed by atoms with Crippen LogP contribution in [-0.2, 0) is 20.8 Å². The Balaban J connectivity index is 1.65. The number of nitrogens with zero attached hydrogens (tertiary/aromatic N) is 1. The third kappa shape index (κ3) is 6.68.